The second kappa shape index (κ2) is 21.4. The van der Waals surface area contributed by atoms with Crippen molar-refractivity contribution in [2.45, 2.75) is 27.1 Å². The van der Waals surface area contributed by atoms with Crippen molar-refractivity contribution in [1.82, 2.24) is 19.9 Å². The molecule has 4 rings (SSSR count). The summed E-state index contributed by atoms with van der Waals surface area (Å²) in [5.41, 5.74) is 6.93. The minimum Gasteiger partial charge on any atom is -0.463 e. The Bertz CT molecular complexity index is 1380. The molecule has 0 aliphatic heterocycles. The summed E-state index contributed by atoms with van der Waals surface area (Å²) in [6, 6.07) is 15.1. The molecule has 0 fully saturated rings. The Morgan fingerprint density at radius 1 is 0.619 bits per heavy atom. The predicted octanol–water partition coefficient (Wildman–Crippen LogP) is 6.53. The third kappa shape index (κ3) is 12.4. The maximum atomic E-state index is 10.2. The molecule has 220 valence electrons. The van der Waals surface area contributed by atoms with Crippen LogP contribution in [0.1, 0.15) is 36.1 Å². The van der Waals surface area contributed by atoms with E-state index in [4.69, 9.17) is 4.74 Å². The summed E-state index contributed by atoms with van der Waals surface area (Å²) in [5.74, 6) is 0. The van der Waals surface area contributed by atoms with Crippen molar-refractivity contribution in [3.05, 3.63) is 123 Å². The van der Waals surface area contributed by atoms with Crippen molar-refractivity contribution >= 4 is 25.1 Å². The van der Waals surface area contributed by atoms with Crippen LogP contribution < -0.4 is 0 Å². The van der Waals surface area contributed by atoms with Gasteiger partial charge in [-0.2, -0.15) is 4.89 Å². The average Bonchev–Trinajstić information content (AvgIpc) is 2.98. The van der Waals surface area contributed by atoms with Crippen LogP contribution in [0.5, 0.6) is 0 Å². The maximum Gasteiger partial charge on any atom is 2.00 e. The Morgan fingerprint density at radius 2 is 1.05 bits per heavy atom. The first kappa shape index (κ1) is 37.6. The monoisotopic (exact) mass is 656 g/mol. The van der Waals surface area contributed by atoms with E-state index in [2.05, 4.69) is 41.9 Å². The van der Waals surface area contributed by atoms with E-state index in [9.17, 15) is 9.59 Å². The number of allylic oxidation sites excluding steroid dienone is 2. The normalized spacial score (nSPS) is 9.86. The summed E-state index contributed by atoms with van der Waals surface area (Å²) in [4.78, 5) is 46.2. The van der Waals surface area contributed by atoms with Gasteiger partial charge < -0.3 is 24.5 Å². The van der Waals surface area contributed by atoms with Crippen molar-refractivity contribution in [3.8, 4) is 22.8 Å². The number of hydrogen-bond acceptors (Lipinski definition) is 9. The van der Waals surface area contributed by atoms with Crippen LogP contribution in [-0.4, -0.2) is 32.9 Å². The number of carbonyl (C=O) groups excluding carboxylic acids is 2. The molecule has 0 aromatic carbocycles. The van der Waals surface area contributed by atoms with Crippen LogP contribution in [0, 0.1) is 14.9 Å². The number of ether oxygens (including phenoxy) is 1. The molecule has 0 aliphatic carbocycles. The van der Waals surface area contributed by atoms with Gasteiger partial charge in [0.2, 0.25) is 0 Å². The minimum absolute atomic E-state index is 0. The fourth-order valence-corrected chi connectivity index (χ4v) is 3.43. The quantitative estimate of drug-likeness (QED) is 0.0445. The first-order chi connectivity index (χ1) is 19.2. The zero-order chi connectivity index (χ0) is 27.7. The Hall–Kier alpha value is -4.40. The number of nitrogens with zero attached hydrogens (tertiary/aromatic N) is 4. The van der Waals surface area contributed by atoms with Gasteiger partial charge in [0, 0.05) is 24.8 Å². The van der Waals surface area contributed by atoms with Gasteiger partial charge in [0.1, 0.15) is 13.2 Å². The zero-order valence-electron chi connectivity index (χ0n) is 24.0. The van der Waals surface area contributed by atoms with Crippen molar-refractivity contribution in [2.24, 2.45) is 0 Å². The van der Waals surface area contributed by atoms with Crippen molar-refractivity contribution in [3.63, 3.8) is 0 Å². The second-order valence-electron chi connectivity index (χ2n) is 7.91. The second-order valence-corrected chi connectivity index (χ2v) is 7.91. The summed E-state index contributed by atoms with van der Waals surface area (Å²) in [6.07, 6.45) is 15.0. The van der Waals surface area contributed by atoms with E-state index in [0.29, 0.717) is 17.9 Å². The zero-order valence-corrected chi connectivity index (χ0v) is 25.7. The van der Waals surface area contributed by atoms with Gasteiger partial charge in [-0.3, -0.25) is 29.5 Å². The molecule has 4 aromatic rings. The maximum absolute atomic E-state index is 10.2. The summed E-state index contributed by atoms with van der Waals surface area (Å²) in [5, 5.41) is 0. The number of pyridine rings is 4. The van der Waals surface area contributed by atoms with Gasteiger partial charge >= 0.3 is 26.0 Å². The van der Waals surface area contributed by atoms with Gasteiger partial charge in [-0.25, -0.2) is 0 Å². The first-order valence-corrected chi connectivity index (χ1v) is 12.0. The Balaban J connectivity index is 0.000000754. The van der Waals surface area contributed by atoms with Crippen LogP contribution in [0.4, 0.5) is 0 Å². The van der Waals surface area contributed by atoms with Crippen molar-refractivity contribution < 1.29 is 43.6 Å². The fraction of sp³-hybridized carbons (Fsp3) is 0.125. The fourth-order valence-electron chi connectivity index (χ4n) is 3.43. The molecule has 0 spiro atoms. The minimum atomic E-state index is 0. The summed E-state index contributed by atoms with van der Waals surface area (Å²) in [6.45, 7) is 4.90. The topological polar surface area (TPSA) is 113 Å². The van der Waals surface area contributed by atoms with Gasteiger partial charge in [0.05, 0.1) is 22.8 Å². The molecule has 0 saturated carbocycles. The molecular formula is C32H34N4O5Ru. The molecule has 4 heterocycles. The Morgan fingerprint density at radius 3 is 1.48 bits per heavy atom. The van der Waals surface area contributed by atoms with Gasteiger partial charge in [-0.15, -0.1) is 0 Å². The van der Waals surface area contributed by atoms with Crippen molar-refractivity contribution in [1.29, 1.82) is 0 Å². The third-order valence-electron chi connectivity index (χ3n) is 5.11. The molecule has 0 radical (unpaired) electrons. The Labute approximate surface area is 260 Å². The smallest absolute Gasteiger partial charge is 0.463 e. The number of aromatic nitrogens is 4. The molecule has 0 bridgehead atoms. The molecule has 9 nitrogen and oxygen atoms in total. The summed E-state index contributed by atoms with van der Waals surface area (Å²) < 4.78 is 4.70. The van der Waals surface area contributed by atoms with Crippen LogP contribution in [0.2, 0.25) is 0 Å². The van der Waals surface area contributed by atoms with Crippen LogP contribution in [0.25, 0.3) is 34.9 Å². The number of hydrogen-bond donors (Lipinski definition) is 0. The summed E-state index contributed by atoms with van der Waals surface area (Å²) >= 11 is 0. The molecule has 0 atom stereocenters. The number of carbonyl (C=O) groups is 2. The number of rotatable bonds is 11. The Kier molecular flexibility index (Phi) is 19.1. The van der Waals surface area contributed by atoms with E-state index in [0.717, 1.165) is 33.6 Å². The van der Waals surface area contributed by atoms with Crippen LogP contribution in [0.15, 0.2) is 85.5 Å². The van der Waals surface area contributed by atoms with Crippen LogP contribution >= 0.6 is 0 Å². The van der Waals surface area contributed by atoms with Crippen molar-refractivity contribution in [2.75, 3.05) is 0 Å². The molecule has 42 heavy (non-hydrogen) atoms. The predicted molar refractivity (Wildman–Crippen MR) is 160 cm³/mol. The molecule has 4 aromatic heterocycles. The summed E-state index contributed by atoms with van der Waals surface area (Å²) in [7, 11) is 0. The van der Waals surface area contributed by atoms with E-state index in [-0.39, 0.29) is 54.0 Å². The van der Waals surface area contributed by atoms with E-state index in [1.54, 1.807) is 36.7 Å². The molecule has 0 aliphatic rings. The SMILES string of the molecule is C/C=C/c1ccnc(-c2cc(/C=C/C)ccn2)c1.O=COCc1ccnc(-c2cc(COOC=O)ccn2)c1.[CH3-].[CH3-].[Ru+2]. The third-order valence-corrected chi connectivity index (χ3v) is 5.11. The standard InChI is InChI=1S/C16H16N2.C14H12N2O5.2CH3.Ru/c1-3-5-13-7-9-17-15(11-13)16-12-14(6-4-2)8-10-18-16;17-9-19-7-11-1-3-15-13(5-11)14-6-12(2-4-16-14)8-20-21-10-18;;;/h3-12H,1-2H3;1-6,9-10H,7-8H2;2*1H3;/q;;2*-1;+2/b5-3+,6-4+;;;;. The molecular weight excluding hydrogens is 621 g/mol. The van der Waals surface area contributed by atoms with E-state index in [1.807, 2.05) is 62.7 Å². The first-order valence-electron chi connectivity index (χ1n) is 12.0. The van der Waals surface area contributed by atoms with Gasteiger partial charge in [0.25, 0.3) is 6.47 Å². The van der Waals surface area contributed by atoms with E-state index < -0.39 is 0 Å². The van der Waals surface area contributed by atoms with E-state index >= 15 is 0 Å². The van der Waals surface area contributed by atoms with Crippen LogP contribution in [-0.2, 0) is 56.8 Å². The molecule has 0 N–H and O–H groups in total. The van der Waals surface area contributed by atoms with Gasteiger partial charge in [-0.1, -0.05) is 24.3 Å². The largest absolute Gasteiger partial charge is 2.00 e. The molecule has 10 heteroatoms. The van der Waals surface area contributed by atoms with Gasteiger partial charge in [0.15, 0.2) is 0 Å². The molecule has 0 unspecified atom stereocenters. The van der Waals surface area contributed by atoms with E-state index in [1.165, 1.54) is 0 Å². The average molecular weight is 656 g/mol. The molecule has 0 saturated heterocycles. The van der Waals surface area contributed by atoms with Gasteiger partial charge in [-0.05, 0) is 84.6 Å². The molecule has 0 amide bonds. The van der Waals surface area contributed by atoms with Crippen LogP contribution in [0.3, 0.4) is 0 Å².